The van der Waals surface area contributed by atoms with E-state index in [1.807, 2.05) is 36.4 Å². The molecule has 0 saturated heterocycles. The summed E-state index contributed by atoms with van der Waals surface area (Å²) in [6.45, 7) is 0.777. The first-order valence-electron chi connectivity index (χ1n) is 6.56. The zero-order valence-electron chi connectivity index (χ0n) is 11.5. The van der Waals surface area contributed by atoms with Gasteiger partial charge in [-0.3, -0.25) is 9.69 Å². The molecule has 2 rings (SSSR count). The minimum absolute atomic E-state index is 0.0612. The van der Waals surface area contributed by atoms with E-state index in [1.54, 1.807) is 11.9 Å². The van der Waals surface area contributed by atoms with Crippen LogP contribution in [0.15, 0.2) is 40.9 Å². The Bertz CT molecular complexity index is 551. The summed E-state index contributed by atoms with van der Waals surface area (Å²) >= 11 is 0. The molecule has 1 aromatic heterocycles. The van der Waals surface area contributed by atoms with Gasteiger partial charge in [0.2, 0.25) is 0 Å². The number of aliphatic carboxylic acids is 1. The molecule has 0 aliphatic carbocycles. The van der Waals surface area contributed by atoms with Gasteiger partial charge in [0.15, 0.2) is 0 Å². The van der Waals surface area contributed by atoms with Gasteiger partial charge in [-0.25, -0.2) is 0 Å². The highest BCUT2D eigenvalue weighted by atomic mass is 16.5. The first-order chi connectivity index (χ1) is 9.65. The van der Waals surface area contributed by atoms with Gasteiger partial charge in [0.1, 0.15) is 11.5 Å². The molecule has 0 aliphatic rings. The van der Waals surface area contributed by atoms with Crippen molar-refractivity contribution in [1.82, 2.24) is 10.1 Å². The smallest absolute Gasteiger partial charge is 0.317 e. The quantitative estimate of drug-likeness (QED) is 0.839. The van der Waals surface area contributed by atoms with E-state index in [2.05, 4.69) is 5.16 Å². The van der Waals surface area contributed by atoms with Crippen LogP contribution in [-0.2, 0) is 11.2 Å². The van der Waals surface area contributed by atoms with Crippen molar-refractivity contribution in [3.8, 4) is 11.3 Å². The third-order valence-electron chi connectivity index (χ3n) is 3.00. The van der Waals surface area contributed by atoms with Crippen molar-refractivity contribution in [2.75, 3.05) is 20.1 Å². The number of hydrogen-bond acceptors (Lipinski definition) is 4. The van der Waals surface area contributed by atoms with E-state index in [1.165, 1.54) is 0 Å². The van der Waals surface area contributed by atoms with Gasteiger partial charge < -0.3 is 9.63 Å². The molecule has 0 radical (unpaired) electrons. The van der Waals surface area contributed by atoms with Gasteiger partial charge in [0.05, 0.1) is 6.54 Å². The van der Waals surface area contributed by atoms with Crippen molar-refractivity contribution in [2.45, 2.75) is 12.8 Å². The molecule has 5 nitrogen and oxygen atoms in total. The summed E-state index contributed by atoms with van der Waals surface area (Å²) in [5.41, 5.74) is 1.87. The summed E-state index contributed by atoms with van der Waals surface area (Å²) in [7, 11) is 1.80. The maximum absolute atomic E-state index is 10.5. The average molecular weight is 274 g/mol. The largest absolute Gasteiger partial charge is 0.480 e. The Morgan fingerprint density at radius 3 is 2.80 bits per heavy atom. The Morgan fingerprint density at radius 2 is 2.10 bits per heavy atom. The van der Waals surface area contributed by atoms with E-state index in [-0.39, 0.29) is 6.54 Å². The predicted molar refractivity (Wildman–Crippen MR) is 75.4 cm³/mol. The molecule has 0 amide bonds. The molecule has 1 aromatic carbocycles. The number of nitrogens with zero attached hydrogens (tertiary/aromatic N) is 2. The SMILES string of the molecule is CN(CCCc1cc(-c2ccccc2)no1)CC(=O)O. The molecule has 106 valence electrons. The van der Waals surface area contributed by atoms with Crippen LogP contribution in [0.25, 0.3) is 11.3 Å². The zero-order chi connectivity index (χ0) is 14.4. The summed E-state index contributed by atoms with van der Waals surface area (Å²) in [6, 6.07) is 11.8. The Morgan fingerprint density at radius 1 is 1.35 bits per heavy atom. The second-order valence-electron chi connectivity index (χ2n) is 4.78. The summed E-state index contributed by atoms with van der Waals surface area (Å²) in [6.07, 6.45) is 1.59. The Kier molecular flexibility index (Phi) is 4.90. The average Bonchev–Trinajstić information content (AvgIpc) is 2.88. The molecule has 0 atom stereocenters. The molecule has 0 bridgehead atoms. The molecule has 0 aliphatic heterocycles. The Balaban J connectivity index is 1.83. The third-order valence-corrected chi connectivity index (χ3v) is 3.00. The van der Waals surface area contributed by atoms with Gasteiger partial charge in [-0.2, -0.15) is 0 Å². The van der Waals surface area contributed by atoms with E-state index >= 15 is 0 Å². The summed E-state index contributed by atoms with van der Waals surface area (Å²) in [4.78, 5) is 12.3. The number of hydrogen-bond donors (Lipinski definition) is 1. The second kappa shape index (κ2) is 6.86. The number of carboxylic acid groups (broad SMARTS) is 1. The molecular formula is C15H18N2O3. The predicted octanol–water partition coefficient (Wildman–Crippen LogP) is 2.29. The molecular weight excluding hydrogens is 256 g/mol. The fraction of sp³-hybridized carbons (Fsp3) is 0.333. The third kappa shape index (κ3) is 4.20. The van der Waals surface area contributed by atoms with Crippen LogP contribution in [0.4, 0.5) is 0 Å². The normalized spacial score (nSPS) is 10.9. The monoisotopic (exact) mass is 274 g/mol. The standard InChI is InChI=1S/C15H18N2O3/c1-17(11-15(18)19)9-5-8-13-10-14(16-20-13)12-6-3-2-4-7-12/h2-4,6-7,10H,5,8-9,11H2,1H3,(H,18,19). The topological polar surface area (TPSA) is 66.6 Å². The molecule has 0 saturated carbocycles. The molecule has 5 heteroatoms. The van der Waals surface area contributed by atoms with Crippen LogP contribution in [0.5, 0.6) is 0 Å². The number of aryl methyl sites for hydroxylation is 1. The number of aromatic nitrogens is 1. The van der Waals surface area contributed by atoms with Crippen LogP contribution in [-0.4, -0.2) is 41.3 Å². The van der Waals surface area contributed by atoms with Crippen LogP contribution in [0.2, 0.25) is 0 Å². The first kappa shape index (κ1) is 14.3. The maximum Gasteiger partial charge on any atom is 0.317 e. The molecule has 20 heavy (non-hydrogen) atoms. The number of carboxylic acids is 1. The Hall–Kier alpha value is -2.14. The lowest BCUT2D eigenvalue weighted by molar-refractivity contribution is -0.137. The highest BCUT2D eigenvalue weighted by Gasteiger charge is 2.08. The number of likely N-dealkylation sites (N-methyl/N-ethyl adjacent to an activating group) is 1. The zero-order valence-corrected chi connectivity index (χ0v) is 11.5. The fourth-order valence-corrected chi connectivity index (χ4v) is 2.01. The fourth-order valence-electron chi connectivity index (χ4n) is 2.01. The molecule has 0 unspecified atom stereocenters. The Labute approximate surface area is 117 Å². The lowest BCUT2D eigenvalue weighted by atomic mass is 10.1. The first-order valence-corrected chi connectivity index (χ1v) is 6.56. The highest BCUT2D eigenvalue weighted by Crippen LogP contribution is 2.19. The van der Waals surface area contributed by atoms with E-state index in [4.69, 9.17) is 9.63 Å². The second-order valence-corrected chi connectivity index (χ2v) is 4.78. The van der Waals surface area contributed by atoms with Gasteiger partial charge in [-0.15, -0.1) is 0 Å². The van der Waals surface area contributed by atoms with Crippen molar-refractivity contribution in [2.24, 2.45) is 0 Å². The molecule has 1 heterocycles. The van der Waals surface area contributed by atoms with Gasteiger partial charge >= 0.3 is 5.97 Å². The van der Waals surface area contributed by atoms with Gasteiger partial charge in [-0.1, -0.05) is 35.5 Å². The minimum Gasteiger partial charge on any atom is -0.480 e. The van der Waals surface area contributed by atoms with Crippen LogP contribution >= 0.6 is 0 Å². The minimum atomic E-state index is -0.807. The van der Waals surface area contributed by atoms with Crippen molar-refractivity contribution >= 4 is 5.97 Å². The number of rotatable bonds is 7. The molecule has 2 aromatic rings. The number of benzene rings is 1. The molecule has 1 N–H and O–H groups in total. The van der Waals surface area contributed by atoms with Gasteiger partial charge in [0.25, 0.3) is 0 Å². The molecule has 0 fully saturated rings. The molecule has 0 spiro atoms. The highest BCUT2D eigenvalue weighted by molar-refractivity contribution is 5.69. The van der Waals surface area contributed by atoms with Crippen molar-refractivity contribution in [3.05, 3.63) is 42.2 Å². The lowest BCUT2D eigenvalue weighted by Crippen LogP contribution is -2.26. The summed E-state index contributed by atoms with van der Waals surface area (Å²) < 4.78 is 5.30. The van der Waals surface area contributed by atoms with Crippen molar-refractivity contribution in [1.29, 1.82) is 0 Å². The van der Waals surface area contributed by atoms with Crippen LogP contribution in [0.3, 0.4) is 0 Å². The summed E-state index contributed by atoms with van der Waals surface area (Å²) in [5.74, 6) is 0.0195. The van der Waals surface area contributed by atoms with Crippen LogP contribution < -0.4 is 0 Å². The maximum atomic E-state index is 10.5. The number of carbonyl (C=O) groups is 1. The van der Waals surface area contributed by atoms with Gasteiger partial charge in [-0.05, 0) is 20.0 Å². The van der Waals surface area contributed by atoms with E-state index in [9.17, 15) is 4.79 Å². The van der Waals surface area contributed by atoms with Crippen LogP contribution in [0, 0.1) is 0 Å². The lowest BCUT2D eigenvalue weighted by Gasteiger charge is -2.12. The van der Waals surface area contributed by atoms with E-state index in [0.29, 0.717) is 6.54 Å². The van der Waals surface area contributed by atoms with Gasteiger partial charge in [0, 0.05) is 18.1 Å². The van der Waals surface area contributed by atoms with E-state index in [0.717, 1.165) is 29.9 Å². The van der Waals surface area contributed by atoms with Crippen molar-refractivity contribution in [3.63, 3.8) is 0 Å². The van der Waals surface area contributed by atoms with E-state index < -0.39 is 5.97 Å². The van der Waals surface area contributed by atoms with Crippen molar-refractivity contribution < 1.29 is 14.4 Å². The van der Waals surface area contributed by atoms with Crippen LogP contribution in [0.1, 0.15) is 12.2 Å². The summed E-state index contributed by atoms with van der Waals surface area (Å²) in [5, 5.41) is 12.7.